The quantitative estimate of drug-likeness (QED) is 0.783. The molecule has 1 aromatic rings. The third-order valence-corrected chi connectivity index (χ3v) is 4.24. The maximum atomic E-state index is 3.43. The maximum Gasteiger partial charge on any atom is 0.0363 e. The number of nitrogens with zero attached hydrogens (tertiary/aromatic N) is 1. The molecule has 0 aromatic heterocycles. The summed E-state index contributed by atoms with van der Waals surface area (Å²) in [6, 6.07) is 9.26. The van der Waals surface area contributed by atoms with Crippen molar-refractivity contribution in [1.29, 1.82) is 0 Å². The highest BCUT2D eigenvalue weighted by Crippen LogP contribution is 2.26. The Morgan fingerprint density at radius 2 is 1.79 bits per heavy atom. The fourth-order valence-electron chi connectivity index (χ4n) is 2.88. The van der Waals surface area contributed by atoms with Crippen molar-refractivity contribution in [2.24, 2.45) is 0 Å². The van der Waals surface area contributed by atoms with Gasteiger partial charge in [-0.15, -0.1) is 0 Å². The van der Waals surface area contributed by atoms with Crippen LogP contribution in [0.1, 0.15) is 50.5 Å². The van der Waals surface area contributed by atoms with Crippen LogP contribution in [0.5, 0.6) is 0 Å². The summed E-state index contributed by atoms with van der Waals surface area (Å²) in [5, 5.41) is 3.43. The molecule has 19 heavy (non-hydrogen) atoms. The second-order valence-corrected chi connectivity index (χ2v) is 5.74. The van der Waals surface area contributed by atoms with Crippen molar-refractivity contribution < 1.29 is 0 Å². The summed E-state index contributed by atoms with van der Waals surface area (Å²) in [6.07, 6.45) is 6.49. The standard InChI is InChI=1S/C17H28N2/c1-3-4-5-14-19(2)17-8-6-15(7-9-17)16-10-12-18-13-11-16/h6-9,16,18H,3-5,10-14H2,1-2H3. The molecular formula is C17H28N2. The van der Waals surface area contributed by atoms with E-state index in [1.807, 2.05) is 0 Å². The number of hydrogen-bond donors (Lipinski definition) is 1. The topological polar surface area (TPSA) is 15.3 Å². The van der Waals surface area contributed by atoms with Crippen LogP contribution < -0.4 is 10.2 Å². The van der Waals surface area contributed by atoms with Gasteiger partial charge in [-0.2, -0.15) is 0 Å². The molecule has 0 spiro atoms. The largest absolute Gasteiger partial charge is 0.375 e. The molecule has 1 saturated heterocycles. The average Bonchev–Trinajstić information content (AvgIpc) is 2.48. The van der Waals surface area contributed by atoms with Crippen LogP contribution in [0.3, 0.4) is 0 Å². The Morgan fingerprint density at radius 3 is 2.42 bits per heavy atom. The summed E-state index contributed by atoms with van der Waals surface area (Å²) >= 11 is 0. The van der Waals surface area contributed by atoms with E-state index >= 15 is 0 Å². The van der Waals surface area contributed by atoms with Crippen LogP contribution in [0.2, 0.25) is 0 Å². The summed E-state index contributed by atoms with van der Waals surface area (Å²) < 4.78 is 0. The van der Waals surface area contributed by atoms with Gasteiger partial charge in [0.25, 0.3) is 0 Å². The monoisotopic (exact) mass is 260 g/mol. The SMILES string of the molecule is CCCCCN(C)c1ccc(C2CCNCC2)cc1. The highest BCUT2D eigenvalue weighted by molar-refractivity contribution is 5.47. The molecule has 2 heteroatoms. The van der Waals surface area contributed by atoms with Gasteiger partial charge in [-0.3, -0.25) is 0 Å². The van der Waals surface area contributed by atoms with Gasteiger partial charge in [0.15, 0.2) is 0 Å². The Morgan fingerprint density at radius 1 is 1.11 bits per heavy atom. The molecule has 1 N–H and O–H groups in total. The molecule has 1 aromatic carbocycles. The van der Waals surface area contributed by atoms with E-state index in [4.69, 9.17) is 0 Å². The molecule has 0 bridgehead atoms. The highest BCUT2D eigenvalue weighted by Gasteiger charge is 2.14. The molecule has 2 nitrogen and oxygen atoms in total. The molecule has 0 saturated carbocycles. The summed E-state index contributed by atoms with van der Waals surface area (Å²) in [5.41, 5.74) is 2.88. The molecule has 106 valence electrons. The van der Waals surface area contributed by atoms with E-state index in [0.717, 1.165) is 5.92 Å². The minimum atomic E-state index is 0.765. The van der Waals surface area contributed by atoms with Gasteiger partial charge < -0.3 is 10.2 Å². The van der Waals surface area contributed by atoms with E-state index < -0.39 is 0 Å². The van der Waals surface area contributed by atoms with Gasteiger partial charge >= 0.3 is 0 Å². The molecule has 1 heterocycles. The zero-order valence-electron chi connectivity index (χ0n) is 12.5. The maximum absolute atomic E-state index is 3.43. The zero-order chi connectivity index (χ0) is 13.5. The van der Waals surface area contributed by atoms with Crippen molar-refractivity contribution in [2.45, 2.75) is 44.9 Å². The third kappa shape index (κ3) is 4.24. The van der Waals surface area contributed by atoms with Gasteiger partial charge in [0.05, 0.1) is 0 Å². The number of unbranched alkanes of at least 4 members (excludes halogenated alkanes) is 2. The van der Waals surface area contributed by atoms with Crippen LogP contribution in [0, 0.1) is 0 Å². The van der Waals surface area contributed by atoms with E-state index in [1.54, 1.807) is 0 Å². The fraction of sp³-hybridized carbons (Fsp3) is 0.647. The Kier molecular flexibility index (Phi) is 5.71. The average molecular weight is 260 g/mol. The molecule has 1 aliphatic rings. The molecule has 2 rings (SSSR count). The van der Waals surface area contributed by atoms with E-state index in [9.17, 15) is 0 Å². The molecule has 1 aliphatic heterocycles. The summed E-state index contributed by atoms with van der Waals surface area (Å²) in [7, 11) is 2.20. The second-order valence-electron chi connectivity index (χ2n) is 5.74. The summed E-state index contributed by atoms with van der Waals surface area (Å²) in [5.74, 6) is 0.765. The normalized spacial score (nSPS) is 16.5. The van der Waals surface area contributed by atoms with Gasteiger partial charge in [0, 0.05) is 19.3 Å². The van der Waals surface area contributed by atoms with E-state index in [1.165, 1.54) is 63.0 Å². The minimum absolute atomic E-state index is 0.765. The van der Waals surface area contributed by atoms with Crippen molar-refractivity contribution in [3.05, 3.63) is 29.8 Å². The Hall–Kier alpha value is -1.02. The van der Waals surface area contributed by atoms with Crippen LogP contribution >= 0.6 is 0 Å². The van der Waals surface area contributed by atoms with Gasteiger partial charge in [-0.25, -0.2) is 0 Å². The lowest BCUT2D eigenvalue weighted by atomic mass is 9.90. The lowest BCUT2D eigenvalue weighted by Crippen LogP contribution is -2.26. The van der Waals surface area contributed by atoms with E-state index in [-0.39, 0.29) is 0 Å². The van der Waals surface area contributed by atoms with Crippen molar-refractivity contribution in [3.8, 4) is 0 Å². The fourth-order valence-corrected chi connectivity index (χ4v) is 2.88. The first-order valence-electron chi connectivity index (χ1n) is 7.83. The molecule has 0 atom stereocenters. The molecular weight excluding hydrogens is 232 g/mol. The number of piperidine rings is 1. The predicted octanol–water partition coefficient (Wildman–Crippen LogP) is 3.78. The first kappa shape index (κ1) is 14.4. The lowest BCUT2D eigenvalue weighted by Gasteiger charge is -2.24. The smallest absolute Gasteiger partial charge is 0.0363 e. The van der Waals surface area contributed by atoms with Gasteiger partial charge in [-0.1, -0.05) is 31.9 Å². The number of hydrogen-bond acceptors (Lipinski definition) is 2. The van der Waals surface area contributed by atoms with Crippen molar-refractivity contribution >= 4 is 5.69 Å². The second kappa shape index (κ2) is 7.54. The van der Waals surface area contributed by atoms with E-state index in [2.05, 4.69) is 48.5 Å². The van der Waals surface area contributed by atoms with Crippen molar-refractivity contribution in [1.82, 2.24) is 5.32 Å². The number of nitrogens with one attached hydrogen (secondary N) is 1. The molecule has 0 radical (unpaired) electrons. The van der Waals surface area contributed by atoms with Crippen LogP contribution in [-0.2, 0) is 0 Å². The van der Waals surface area contributed by atoms with Crippen molar-refractivity contribution in [2.75, 3.05) is 31.6 Å². The van der Waals surface area contributed by atoms with Crippen LogP contribution in [0.25, 0.3) is 0 Å². The van der Waals surface area contributed by atoms with Crippen LogP contribution in [0.15, 0.2) is 24.3 Å². The molecule has 1 fully saturated rings. The third-order valence-electron chi connectivity index (χ3n) is 4.24. The van der Waals surface area contributed by atoms with E-state index in [0.29, 0.717) is 0 Å². The number of benzene rings is 1. The highest BCUT2D eigenvalue weighted by atomic mass is 15.1. The van der Waals surface area contributed by atoms with Crippen LogP contribution in [-0.4, -0.2) is 26.7 Å². The Labute approximate surface area is 118 Å². The first-order chi connectivity index (χ1) is 9.31. The minimum Gasteiger partial charge on any atom is -0.375 e. The lowest BCUT2D eigenvalue weighted by molar-refractivity contribution is 0.460. The summed E-state index contributed by atoms with van der Waals surface area (Å²) in [6.45, 7) is 5.76. The Balaban J connectivity index is 1.89. The molecule has 0 aliphatic carbocycles. The first-order valence-corrected chi connectivity index (χ1v) is 7.83. The number of rotatable bonds is 6. The van der Waals surface area contributed by atoms with Crippen molar-refractivity contribution in [3.63, 3.8) is 0 Å². The van der Waals surface area contributed by atoms with Crippen LogP contribution in [0.4, 0.5) is 5.69 Å². The number of anilines is 1. The van der Waals surface area contributed by atoms with Gasteiger partial charge in [0.2, 0.25) is 0 Å². The molecule has 0 amide bonds. The predicted molar refractivity (Wildman–Crippen MR) is 84.1 cm³/mol. The van der Waals surface area contributed by atoms with Gasteiger partial charge in [0.1, 0.15) is 0 Å². The zero-order valence-corrected chi connectivity index (χ0v) is 12.5. The summed E-state index contributed by atoms with van der Waals surface area (Å²) in [4.78, 5) is 2.38. The molecule has 0 unspecified atom stereocenters. The Bertz CT molecular complexity index is 352. The van der Waals surface area contributed by atoms with Gasteiger partial charge in [-0.05, 0) is 56.0 Å².